The van der Waals surface area contributed by atoms with E-state index < -0.39 is 0 Å². The van der Waals surface area contributed by atoms with Crippen molar-refractivity contribution in [1.29, 1.82) is 0 Å². The van der Waals surface area contributed by atoms with Crippen LogP contribution in [-0.2, 0) is 6.42 Å². The molecule has 2 aliphatic rings. The lowest BCUT2D eigenvalue weighted by molar-refractivity contribution is 0.427. The Bertz CT molecular complexity index is 810. The van der Waals surface area contributed by atoms with Crippen LogP contribution < -0.4 is 9.80 Å². The van der Waals surface area contributed by atoms with E-state index in [-0.39, 0.29) is 0 Å². The maximum absolute atomic E-state index is 3.54. The minimum atomic E-state index is 0.708. The number of anilines is 2. The third kappa shape index (κ3) is 4.10. The average Bonchev–Trinajstić information content (AvgIpc) is 3.11. The summed E-state index contributed by atoms with van der Waals surface area (Å²) in [5.74, 6) is 0. The second-order valence-electron chi connectivity index (χ2n) is 8.58. The molecule has 0 aromatic heterocycles. The summed E-state index contributed by atoms with van der Waals surface area (Å²) in [4.78, 5) is 4.94. The van der Waals surface area contributed by atoms with Gasteiger partial charge in [0.2, 0.25) is 0 Å². The van der Waals surface area contributed by atoms with Crippen molar-refractivity contribution in [2.45, 2.75) is 57.4 Å². The lowest BCUT2D eigenvalue weighted by atomic mass is 9.94. The first kappa shape index (κ1) is 19.8. The largest absolute Gasteiger partial charge is 0.375 e. The van der Waals surface area contributed by atoms with Gasteiger partial charge in [0.1, 0.15) is 0 Å². The Balaban J connectivity index is 1.57. The molecule has 0 aliphatic heterocycles. The summed E-state index contributed by atoms with van der Waals surface area (Å²) in [6, 6.07) is 14.9. The van der Waals surface area contributed by atoms with E-state index in [4.69, 9.17) is 0 Å². The zero-order valence-electron chi connectivity index (χ0n) is 17.4. The molecule has 150 valence electrons. The molecule has 0 bridgehead atoms. The Morgan fingerprint density at radius 2 is 1.50 bits per heavy atom. The first-order chi connectivity index (χ1) is 13.7. The fourth-order valence-corrected chi connectivity index (χ4v) is 5.25. The first-order valence-corrected chi connectivity index (χ1v) is 12.1. The molecule has 2 nitrogen and oxygen atoms in total. The number of fused-ring (bicyclic) bond motifs is 3. The number of nitrogens with zero attached hydrogens (tertiary/aromatic N) is 2. The van der Waals surface area contributed by atoms with Gasteiger partial charge in [-0.2, -0.15) is 0 Å². The van der Waals surface area contributed by atoms with Gasteiger partial charge in [-0.1, -0.05) is 47.3 Å². The van der Waals surface area contributed by atoms with Gasteiger partial charge in [-0.15, -0.1) is 0 Å². The highest BCUT2D eigenvalue weighted by atomic mass is 79.9. The van der Waals surface area contributed by atoms with Gasteiger partial charge in [0.05, 0.1) is 0 Å². The number of halogens is 1. The van der Waals surface area contributed by atoms with E-state index in [0.29, 0.717) is 6.04 Å². The summed E-state index contributed by atoms with van der Waals surface area (Å²) in [5, 5.41) is 1.09. The highest BCUT2D eigenvalue weighted by Gasteiger charge is 2.23. The second kappa shape index (κ2) is 8.90. The van der Waals surface area contributed by atoms with Crippen LogP contribution >= 0.6 is 15.9 Å². The zero-order valence-corrected chi connectivity index (χ0v) is 19.0. The average molecular weight is 441 g/mol. The predicted octanol–water partition coefficient (Wildman–Crippen LogP) is 6.64. The van der Waals surface area contributed by atoms with Crippen molar-refractivity contribution in [2.24, 2.45) is 0 Å². The molecule has 1 fully saturated rings. The summed E-state index contributed by atoms with van der Waals surface area (Å²) in [5.41, 5.74) is 8.58. The van der Waals surface area contributed by atoms with Crippen LogP contribution in [0.4, 0.5) is 11.4 Å². The molecule has 28 heavy (non-hydrogen) atoms. The third-order valence-corrected chi connectivity index (χ3v) is 7.27. The van der Waals surface area contributed by atoms with E-state index in [0.717, 1.165) is 18.3 Å². The van der Waals surface area contributed by atoms with Gasteiger partial charge in [0.25, 0.3) is 0 Å². The first-order valence-electron chi connectivity index (χ1n) is 10.9. The van der Waals surface area contributed by atoms with E-state index in [9.17, 15) is 0 Å². The van der Waals surface area contributed by atoms with Crippen molar-refractivity contribution in [2.75, 3.05) is 35.8 Å². The number of unbranched alkanes of at least 4 members (excludes halogenated alkanes) is 1. The number of hydrogen-bond donors (Lipinski definition) is 0. The molecular formula is C25H33BrN2. The van der Waals surface area contributed by atoms with Crippen molar-refractivity contribution in [3.8, 4) is 11.1 Å². The molecular weight excluding hydrogens is 408 g/mol. The van der Waals surface area contributed by atoms with Gasteiger partial charge in [-0.3, -0.25) is 0 Å². The molecule has 2 aromatic carbocycles. The van der Waals surface area contributed by atoms with Crippen LogP contribution in [0.2, 0.25) is 0 Å². The topological polar surface area (TPSA) is 6.48 Å². The molecule has 2 aliphatic carbocycles. The standard InChI is InChI=1S/C25H33BrN2/c1-27(15-7-6-14-26)22-12-10-19-16-20-11-13-23(18-25(20)24(19)17-22)28(2)21-8-4-3-5-9-21/h10-13,17-18,21H,3-9,14-16H2,1-2H3. The van der Waals surface area contributed by atoms with Crippen LogP contribution in [0.1, 0.15) is 56.1 Å². The number of benzene rings is 2. The summed E-state index contributed by atoms with van der Waals surface area (Å²) >= 11 is 3.54. The van der Waals surface area contributed by atoms with Gasteiger partial charge in [0, 0.05) is 43.4 Å². The van der Waals surface area contributed by atoms with Gasteiger partial charge < -0.3 is 9.80 Å². The van der Waals surface area contributed by atoms with Gasteiger partial charge in [0.15, 0.2) is 0 Å². The number of alkyl halides is 1. The van der Waals surface area contributed by atoms with Gasteiger partial charge in [-0.25, -0.2) is 0 Å². The minimum Gasteiger partial charge on any atom is -0.375 e. The van der Waals surface area contributed by atoms with Crippen molar-refractivity contribution >= 4 is 27.3 Å². The summed E-state index contributed by atoms with van der Waals surface area (Å²) < 4.78 is 0. The van der Waals surface area contributed by atoms with E-state index in [1.807, 2.05) is 0 Å². The second-order valence-corrected chi connectivity index (χ2v) is 9.37. The Hall–Kier alpha value is -1.48. The number of hydrogen-bond acceptors (Lipinski definition) is 2. The molecule has 2 aromatic rings. The molecule has 0 radical (unpaired) electrons. The molecule has 0 atom stereocenters. The monoisotopic (exact) mass is 440 g/mol. The Labute approximate surface area is 179 Å². The van der Waals surface area contributed by atoms with E-state index >= 15 is 0 Å². The van der Waals surface area contributed by atoms with Crippen LogP contribution in [0, 0.1) is 0 Å². The van der Waals surface area contributed by atoms with Gasteiger partial charge in [-0.05, 0) is 78.6 Å². The predicted molar refractivity (Wildman–Crippen MR) is 126 cm³/mol. The summed E-state index contributed by atoms with van der Waals surface area (Å²) in [6.45, 7) is 1.11. The van der Waals surface area contributed by atoms with Gasteiger partial charge >= 0.3 is 0 Å². The highest BCUT2D eigenvalue weighted by Crippen LogP contribution is 2.41. The Morgan fingerprint density at radius 1 is 0.857 bits per heavy atom. The molecule has 4 rings (SSSR count). The SMILES string of the molecule is CN(CCCCBr)c1ccc2c(c1)-c1cc(N(C)C3CCCCC3)ccc1C2. The van der Waals surface area contributed by atoms with Crippen LogP contribution in [0.3, 0.4) is 0 Å². The molecule has 3 heteroatoms. The Morgan fingerprint density at radius 3 is 2.18 bits per heavy atom. The molecule has 0 amide bonds. The molecule has 0 saturated heterocycles. The van der Waals surface area contributed by atoms with Crippen LogP contribution in [0.5, 0.6) is 0 Å². The van der Waals surface area contributed by atoms with Crippen molar-refractivity contribution in [3.05, 3.63) is 47.5 Å². The minimum absolute atomic E-state index is 0.708. The molecule has 1 saturated carbocycles. The molecule has 0 spiro atoms. The van der Waals surface area contributed by atoms with Crippen LogP contribution in [0.15, 0.2) is 36.4 Å². The third-order valence-electron chi connectivity index (χ3n) is 6.71. The molecule has 0 unspecified atom stereocenters. The van der Waals surface area contributed by atoms with Crippen LogP contribution in [-0.4, -0.2) is 32.0 Å². The zero-order chi connectivity index (χ0) is 19.5. The Kier molecular flexibility index (Phi) is 6.30. The van der Waals surface area contributed by atoms with Crippen molar-refractivity contribution < 1.29 is 0 Å². The maximum Gasteiger partial charge on any atom is 0.0372 e. The summed E-state index contributed by atoms with van der Waals surface area (Å²) in [7, 11) is 4.51. The lowest BCUT2D eigenvalue weighted by Gasteiger charge is -2.33. The normalized spacial score (nSPS) is 16.0. The van der Waals surface area contributed by atoms with Crippen LogP contribution in [0.25, 0.3) is 11.1 Å². The lowest BCUT2D eigenvalue weighted by Crippen LogP contribution is -2.33. The fourth-order valence-electron chi connectivity index (χ4n) is 4.85. The number of rotatable bonds is 7. The maximum atomic E-state index is 3.54. The van der Waals surface area contributed by atoms with Crippen molar-refractivity contribution in [3.63, 3.8) is 0 Å². The quantitative estimate of drug-likeness (QED) is 0.300. The summed E-state index contributed by atoms with van der Waals surface area (Å²) in [6.07, 6.45) is 10.4. The van der Waals surface area contributed by atoms with Crippen molar-refractivity contribution in [1.82, 2.24) is 0 Å². The van der Waals surface area contributed by atoms with E-state index in [1.165, 1.54) is 78.6 Å². The molecule has 0 N–H and O–H groups in total. The fraction of sp³-hybridized carbons (Fsp3) is 0.520. The highest BCUT2D eigenvalue weighted by molar-refractivity contribution is 9.09. The van der Waals surface area contributed by atoms with E-state index in [2.05, 4.69) is 76.2 Å². The van der Waals surface area contributed by atoms with E-state index in [1.54, 1.807) is 0 Å². The smallest absolute Gasteiger partial charge is 0.0372 e. The molecule has 0 heterocycles.